The molecule has 0 spiro atoms. The lowest BCUT2D eigenvalue weighted by molar-refractivity contribution is 0.622. The van der Waals surface area contributed by atoms with Crippen molar-refractivity contribution in [3.63, 3.8) is 0 Å². The van der Waals surface area contributed by atoms with Crippen molar-refractivity contribution >= 4 is 17.4 Å². The molecule has 1 aromatic heterocycles. The highest BCUT2D eigenvalue weighted by molar-refractivity contribution is 6.30. The van der Waals surface area contributed by atoms with Crippen LogP contribution in [0.3, 0.4) is 0 Å². The van der Waals surface area contributed by atoms with Crippen LogP contribution in [0, 0.1) is 17.1 Å². The number of nitrogens with one attached hydrogen (secondary N) is 1. The molecule has 156 valence electrons. The maximum atomic E-state index is 13.7. The summed E-state index contributed by atoms with van der Waals surface area (Å²) in [6.07, 6.45) is 0. The van der Waals surface area contributed by atoms with Gasteiger partial charge in [-0.15, -0.1) is 0 Å². The Morgan fingerprint density at radius 3 is 2.07 bits per heavy atom. The van der Waals surface area contributed by atoms with Gasteiger partial charge in [-0.3, -0.25) is 0 Å². The molecule has 3 aromatic rings. The minimum absolute atomic E-state index is 0.00349. The monoisotopic (exact) mass is 424 g/mol. The van der Waals surface area contributed by atoms with Crippen molar-refractivity contribution in [2.24, 2.45) is 5.73 Å². The Bertz CT molecular complexity index is 958. The minimum Gasteiger partial charge on any atom is -0.367 e. The van der Waals surface area contributed by atoms with Crippen LogP contribution in [0.1, 0.15) is 42.4 Å². The largest absolute Gasteiger partial charge is 0.367 e. The van der Waals surface area contributed by atoms with Gasteiger partial charge in [0.25, 0.3) is 0 Å². The number of pyridine rings is 1. The van der Waals surface area contributed by atoms with Crippen LogP contribution in [0.5, 0.6) is 0 Å². The van der Waals surface area contributed by atoms with Crippen LogP contribution < -0.4 is 11.1 Å². The van der Waals surface area contributed by atoms with Gasteiger partial charge in [0.2, 0.25) is 0 Å². The zero-order valence-corrected chi connectivity index (χ0v) is 17.9. The molecule has 0 aliphatic rings. The van der Waals surface area contributed by atoms with Crippen LogP contribution in [0.2, 0.25) is 5.15 Å². The Morgan fingerprint density at radius 1 is 1.03 bits per heavy atom. The van der Waals surface area contributed by atoms with Crippen molar-refractivity contribution in [3.05, 3.63) is 94.4 Å². The van der Waals surface area contributed by atoms with Crippen LogP contribution in [0.4, 0.5) is 10.2 Å². The first kappa shape index (κ1) is 23.3. The zero-order chi connectivity index (χ0) is 21.9. The lowest BCUT2D eigenvalue weighted by atomic mass is 10.0. The van der Waals surface area contributed by atoms with E-state index in [2.05, 4.69) is 29.4 Å². The first-order valence-corrected chi connectivity index (χ1v) is 10.1. The number of hydrogen-bond donors (Lipinski definition) is 2. The van der Waals surface area contributed by atoms with Gasteiger partial charge in [-0.05, 0) is 35.6 Å². The molecule has 0 saturated carbocycles. The summed E-state index contributed by atoms with van der Waals surface area (Å²) < 4.78 is 13.7. The summed E-state index contributed by atoms with van der Waals surface area (Å²) >= 11 is 5.79. The lowest BCUT2D eigenvalue weighted by Gasteiger charge is -2.14. The van der Waals surface area contributed by atoms with Crippen molar-refractivity contribution in [2.45, 2.75) is 25.7 Å². The predicted molar refractivity (Wildman–Crippen MR) is 121 cm³/mol. The predicted octanol–water partition coefficient (Wildman–Crippen LogP) is 5.71. The van der Waals surface area contributed by atoms with Crippen molar-refractivity contribution in [3.8, 4) is 6.07 Å². The quantitative estimate of drug-likeness (QED) is 0.497. The number of anilines is 1. The zero-order valence-electron chi connectivity index (χ0n) is 17.1. The molecule has 0 radical (unpaired) electrons. The molecule has 0 saturated heterocycles. The Morgan fingerprint density at radius 2 is 1.57 bits per heavy atom. The average Bonchev–Trinajstić information content (AvgIpc) is 2.80. The third-order valence-electron chi connectivity index (χ3n) is 4.72. The molecule has 3 rings (SSSR count). The number of nitrogens with two attached hydrogens (primary N) is 1. The number of rotatable bonds is 6. The summed E-state index contributed by atoms with van der Waals surface area (Å²) in [5.41, 5.74) is 8.01. The van der Waals surface area contributed by atoms with Gasteiger partial charge >= 0.3 is 0 Å². The summed E-state index contributed by atoms with van der Waals surface area (Å²) in [5.74, 6) is 0.177. The van der Waals surface area contributed by atoms with Gasteiger partial charge < -0.3 is 11.1 Å². The van der Waals surface area contributed by atoms with E-state index in [0.29, 0.717) is 12.5 Å². The molecule has 0 unspecified atom stereocenters. The molecule has 2 atom stereocenters. The number of nitriles is 1. The molecule has 0 bridgehead atoms. The third-order valence-corrected chi connectivity index (χ3v) is 5.00. The van der Waals surface area contributed by atoms with E-state index in [1.165, 1.54) is 5.56 Å². The molecular formula is C24H26ClFN4. The highest BCUT2D eigenvalue weighted by atomic mass is 35.5. The topological polar surface area (TPSA) is 74.7 Å². The van der Waals surface area contributed by atoms with Crippen molar-refractivity contribution in [1.29, 1.82) is 5.26 Å². The second-order valence-corrected chi connectivity index (χ2v) is 7.37. The van der Waals surface area contributed by atoms with Crippen LogP contribution in [0.25, 0.3) is 0 Å². The van der Waals surface area contributed by atoms with Crippen LogP contribution >= 0.6 is 11.6 Å². The Hall–Kier alpha value is -2.94. The molecule has 4 nitrogen and oxygen atoms in total. The fraction of sp³-hybridized carbons (Fsp3) is 0.250. The maximum absolute atomic E-state index is 13.7. The molecule has 0 aliphatic heterocycles. The highest BCUT2D eigenvalue weighted by Gasteiger charge is 2.12. The number of halogens is 2. The van der Waals surface area contributed by atoms with Gasteiger partial charge in [-0.1, -0.05) is 86.1 Å². The fourth-order valence-corrected chi connectivity index (χ4v) is 2.92. The maximum Gasteiger partial charge on any atom is 0.166 e. The van der Waals surface area contributed by atoms with Crippen molar-refractivity contribution in [1.82, 2.24) is 4.98 Å². The van der Waals surface area contributed by atoms with E-state index in [-0.39, 0.29) is 22.5 Å². The van der Waals surface area contributed by atoms with E-state index < -0.39 is 5.82 Å². The van der Waals surface area contributed by atoms with E-state index in [1.54, 1.807) is 6.07 Å². The first-order valence-electron chi connectivity index (χ1n) is 9.76. The number of benzene rings is 2. The van der Waals surface area contributed by atoms with Gasteiger partial charge in [-0.2, -0.15) is 5.26 Å². The van der Waals surface area contributed by atoms with Gasteiger partial charge in [0.1, 0.15) is 11.2 Å². The first-order chi connectivity index (χ1) is 14.5. The van der Waals surface area contributed by atoms with Crippen molar-refractivity contribution < 1.29 is 4.39 Å². The van der Waals surface area contributed by atoms with E-state index in [0.717, 1.165) is 18.2 Å². The number of nitrogens with zero attached hydrogens (tertiary/aromatic N) is 2. The normalized spacial score (nSPS) is 12.1. The highest BCUT2D eigenvalue weighted by Crippen LogP contribution is 2.21. The molecule has 0 fully saturated rings. The second-order valence-electron chi connectivity index (χ2n) is 7.01. The minimum atomic E-state index is -0.578. The van der Waals surface area contributed by atoms with Crippen LogP contribution in [-0.2, 0) is 0 Å². The van der Waals surface area contributed by atoms with Crippen molar-refractivity contribution in [2.75, 3.05) is 18.4 Å². The molecule has 0 amide bonds. The van der Waals surface area contributed by atoms with E-state index in [4.69, 9.17) is 22.6 Å². The number of aromatic nitrogens is 1. The van der Waals surface area contributed by atoms with E-state index in [1.807, 2.05) is 55.5 Å². The molecule has 0 aliphatic carbocycles. The van der Waals surface area contributed by atoms with Crippen LogP contribution in [0.15, 0.2) is 66.7 Å². The molecule has 2 aromatic carbocycles. The summed E-state index contributed by atoms with van der Waals surface area (Å²) in [6.45, 7) is 5.42. The fourth-order valence-electron chi connectivity index (χ4n) is 2.74. The van der Waals surface area contributed by atoms with E-state index in [9.17, 15) is 4.39 Å². The summed E-state index contributed by atoms with van der Waals surface area (Å²) in [6, 6.07) is 23.1. The average molecular weight is 425 g/mol. The molecule has 30 heavy (non-hydrogen) atoms. The third kappa shape index (κ3) is 6.84. The Balaban J connectivity index is 0.000000269. The summed E-state index contributed by atoms with van der Waals surface area (Å²) in [5, 5.41) is 11.7. The SMILES string of the molecule is C[C@H](CN)c1ccccc1.C[C@H](CNc1nc(Cl)c(C#N)cc1F)c1ccccc1. The van der Waals surface area contributed by atoms with Gasteiger partial charge in [-0.25, -0.2) is 9.37 Å². The Kier molecular flexibility index (Phi) is 9.27. The number of hydrogen-bond acceptors (Lipinski definition) is 4. The van der Waals surface area contributed by atoms with E-state index >= 15 is 0 Å². The summed E-state index contributed by atoms with van der Waals surface area (Å²) in [4.78, 5) is 3.87. The molecular weight excluding hydrogens is 399 g/mol. The molecule has 3 N–H and O–H groups in total. The van der Waals surface area contributed by atoms with Gasteiger partial charge in [0.05, 0.1) is 5.56 Å². The summed E-state index contributed by atoms with van der Waals surface area (Å²) in [7, 11) is 0. The smallest absolute Gasteiger partial charge is 0.166 e. The second kappa shape index (κ2) is 11.9. The van der Waals surface area contributed by atoms with Gasteiger partial charge in [0, 0.05) is 6.54 Å². The van der Waals surface area contributed by atoms with Gasteiger partial charge in [0.15, 0.2) is 11.6 Å². The standard InChI is InChI=1S/C15H13ClFN3.C9H13N/c1-10(11-5-3-2-4-6-11)9-19-15-13(17)7-12(8-18)14(16)20-15;1-8(7-10)9-5-3-2-4-6-9/h2-7,10H,9H2,1H3,(H,19,20);2-6,8H,7,10H2,1H3/t10-;8-/m11/s1. The molecule has 6 heteroatoms. The van der Waals surface area contributed by atoms with Crippen LogP contribution in [-0.4, -0.2) is 18.1 Å². The Labute approximate surface area is 182 Å². The molecule has 1 heterocycles. The lowest BCUT2D eigenvalue weighted by Crippen LogP contribution is -2.12.